The van der Waals surface area contributed by atoms with E-state index in [2.05, 4.69) is 10.6 Å². The van der Waals surface area contributed by atoms with Crippen LogP contribution >= 0.6 is 0 Å². The highest BCUT2D eigenvalue weighted by molar-refractivity contribution is 5.86. The second-order valence-electron chi connectivity index (χ2n) is 5.75. The Bertz CT molecular complexity index is 337. The van der Waals surface area contributed by atoms with Crippen molar-refractivity contribution in [2.75, 3.05) is 6.54 Å². The molecule has 0 radical (unpaired) electrons. The number of carbonyl (C=O) groups is 2. The molecular formula is C13H22N2O3. The van der Waals surface area contributed by atoms with Gasteiger partial charge in [-0.3, -0.25) is 0 Å². The number of nitrogens with one attached hydrogen (secondary N) is 2. The van der Waals surface area contributed by atoms with Gasteiger partial charge >= 0.3 is 12.0 Å². The van der Waals surface area contributed by atoms with E-state index in [1.807, 2.05) is 0 Å². The fourth-order valence-electron chi connectivity index (χ4n) is 2.27. The molecule has 102 valence electrons. The number of aliphatic carboxylic acids is 1. The van der Waals surface area contributed by atoms with E-state index in [-0.39, 0.29) is 11.9 Å². The van der Waals surface area contributed by atoms with E-state index < -0.39 is 11.5 Å². The van der Waals surface area contributed by atoms with Crippen molar-refractivity contribution >= 4 is 12.0 Å². The third-order valence-corrected chi connectivity index (χ3v) is 3.98. The van der Waals surface area contributed by atoms with Crippen LogP contribution in [0.4, 0.5) is 4.79 Å². The molecule has 2 saturated carbocycles. The van der Waals surface area contributed by atoms with E-state index >= 15 is 0 Å². The molecule has 18 heavy (non-hydrogen) atoms. The summed E-state index contributed by atoms with van der Waals surface area (Å²) in [6, 6.07) is -0.359. The van der Waals surface area contributed by atoms with Gasteiger partial charge in [-0.25, -0.2) is 9.59 Å². The van der Waals surface area contributed by atoms with Gasteiger partial charge in [0.25, 0.3) is 0 Å². The Morgan fingerprint density at radius 1 is 1.28 bits per heavy atom. The van der Waals surface area contributed by atoms with Gasteiger partial charge in [0.1, 0.15) is 5.54 Å². The Balaban J connectivity index is 1.69. The first-order valence-electron chi connectivity index (χ1n) is 6.82. The topological polar surface area (TPSA) is 78.4 Å². The Labute approximate surface area is 107 Å². The van der Waals surface area contributed by atoms with Gasteiger partial charge in [-0.05, 0) is 44.4 Å². The summed E-state index contributed by atoms with van der Waals surface area (Å²) in [4.78, 5) is 22.9. The summed E-state index contributed by atoms with van der Waals surface area (Å²) in [5, 5.41) is 14.6. The van der Waals surface area contributed by atoms with Crippen LogP contribution in [0.5, 0.6) is 0 Å². The van der Waals surface area contributed by atoms with Crippen molar-refractivity contribution in [3.05, 3.63) is 0 Å². The first-order chi connectivity index (χ1) is 8.52. The molecule has 2 aliphatic carbocycles. The Kier molecular flexibility index (Phi) is 3.78. The molecule has 2 rings (SSSR count). The number of carbonyl (C=O) groups excluding carboxylic acids is 1. The summed E-state index contributed by atoms with van der Waals surface area (Å²) >= 11 is 0. The molecule has 5 nitrogen and oxygen atoms in total. The minimum atomic E-state index is -1.11. The lowest BCUT2D eigenvalue weighted by Crippen LogP contribution is -2.56. The second-order valence-corrected chi connectivity index (χ2v) is 5.75. The zero-order valence-corrected chi connectivity index (χ0v) is 10.9. The van der Waals surface area contributed by atoms with Gasteiger partial charge < -0.3 is 15.7 Å². The van der Waals surface area contributed by atoms with Crippen LogP contribution < -0.4 is 10.6 Å². The van der Waals surface area contributed by atoms with E-state index in [1.54, 1.807) is 6.92 Å². The Hall–Kier alpha value is -1.26. The van der Waals surface area contributed by atoms with Crippen LogP contribution in [0.2, 0.25) is 0 Å². The molecule has 3 N–H and O–H groups in total. The molecule has 0 aromatic rings. The first-order valence-corrected chi connectivity index (χ1v) is 6.82. The van der Waals surface area contributed by atoms with Gasteiger partial charge in [0.15, 0.2) is 0 Å². The maximum atomic E-state index is 11.7. The average molecular weight is 254 g/mol. The maximum absolute atomic E-state index is 11.7. The number of rotatable bonds is 7. The molecule has 0 spiro atoms. The van der Waals surface area contributed by atoms with Gasteiger partial charge in [0.05, 0.1) is 0 Å². The van der Waals surface area contributed by atoms with Crippen LogP contribution in [0.3, 0.4) is 0 Å². The summed E-state index contributed by atoms with van der Waals surface area (Å²) in [5.41, 5.74) is -1.11. The van der Waals surface area contributed by atoms with Gasteiger partial charge in [-0.15, -0.1) is 0 Å². The SMILES string of the molecule is CC(NC(=O)NCCCC1CC1)(C(=O)O)C1CC1. The zero-order valence-electron chi connectivity index (χ0n) is 10.9. The van der Waals surface area contributed by atoms with E-state index in [1.165, 1.54) is 19.3 Å². The Morgan fingerprint density at radius 2 is 1.94 bits per heavy atom. The van der Waals surface area contributed by atoms with E-state index in [4.69, 9.17) is 0 Å². The van der Waals surface area contributed by atoms with Crippen LogP contribution in [0.15, 0.2) is 0 Å². The first kappa shape index (κ1) is 13.2. The molecule has 1 unspecified atom stereocenters. The van der Waals surface area contributed by atoms with Crippen molar-refractivity contribution in [3.8, 4) is 0 Å². The quantitative estimate of drug-likeness (QED) is 0.605. The standard InChI is InChI=1S/C13H22N2O3/c1-13(11(16)17,10-6-7-10)15-12(18)14-8-2-3-9-4-5-9/h9-10H,2-8H2,1H3,(H,16,17)(H2,14,15,18). The van der Waals surface area contributed by atoms with E-state index in [0.29, 0.717) is 6.54 Å². The highest BCUT2D eigenvalue weighted by Gasteiger charge is 2.48. The summed E-state index contributed by atoms with van der Waals surface area (Å²) < 4.78 is 0. The molecule has 0 bridgehead atoms. The smallest absolute Gasteiger partial charge is 0.329 e. The number of carboxylic acid groups (broad SMARTS) is 1. The molecule has 2 amide bonds. The molecular weight excluding hydrogens is 232 g/mol. The summed E-state index contributed by atoms with van der Waals surface area (Å²) in [7, 11) is 0. The Morgan fingerprint density at radius 3 is 2.44 bits per heavy atom. The van der Waals surface area contributed by atoms with Crippen molar-refractivity contribution in [1.82, 2.24) is 10.6 Å². The molecule has 0 saturated heterocycles. The van der Waals surface area contributed by atoms with Gasteiger partial charge in [0, 0.05) is 6.54 Å². The van der Waals surface area contributed by atoms with Crippen LogP contribution in [0.25, 0.3) is 0 Å². The van der Waals surface area contributed by atoms with Crippen molar-refractivity contribution in [2.45, 2.75) is 51.0 Å². The van der Waals surface area contributed by atoms with Crippen LogP contribution in [0, 0.1) is 11.8 Å². The van der Waals surface area contributed by atoms with Crippen LogP contribution in [-0.2, 0) is 4.79 Å². The zero-order chi connectivity index (χ0) is 13.2. The molecule has 0 aliphatic heterocycles. The number of carboxylic acids is 1. The average Bonchev–Trinajstić information content (AvgIpc) is 3.17. The van der Waals surface area contributed by atoms with Crippen LogP contribution in [-0.4, -0.2) is 29.2 Å². The third kappa shape index (κ3) is 3.37. The molecule has 0 heterocycles. The van der Waals surface area contributed by atoms with E-state index in [9.17, 15) is 14.7 Å². The van der Waals surface area contributed by atoms with Crippen molar-refractivity contribution in [2.24, 2.45) is 11.8 Å². The predicted octanol–water partition coefficient (Wildman–Crippen LogP) is 1.73. The number of amides is 2. The minimum absolute atomic E-state index is 0.0761. The lowest BCUT2D eigenvalue weighted by Gasteiger charge is -2.26. The number of hydrogen-bond donors (Lipinski definition) is 3. The van der Waals surface area contributed by atoms with Crippen molar-refractivity contribution in [1.29, 1.82) is 0 Å². The van der Waals surface area contributed by atoms with Crippen LogP contribution in [0.1, 0.15) is 45.4 Å². The summed E-state index contributed by atoms with van der Waals surface area (Å²) in [6.07, 6.45) is 6.55. The second kappa shape index (κ2) is 5.16. The minimum Gasteiger partial charge on any atom is -0.480 e. The maximum Gasteiger partial charge on any atom is 0.329 e. The predicted molar refractivity (Wildman–Crippen MR) is 67.3 cm³/mol. The lowest BCUT2D eigenvalue weighted by molar-refractivity contribution is -0.144. The molecule has 2 fully saturated rings. The van der Waals surface area contributed by atoms with E-state index in [0.717, 1.165) is 25.2 Å². The van der Waals surface area contributed by atoms with Crippen molar-refractivity contribution in [3.63, 3.8) is 0 Å². The number of hydrogen-bond acceptors (Lipinski definition) is 2. The normalized spacial score (nSPS) is 22.1. The monoisotopic (exact) mass is 254 g/mol. The summed E-state index contributed by atoms with van der Waals surface area (Å²) in [6.45, 7) is 2.22. The fraction of sp³-hybridized carbons (Fsp3) is 0.846. The fourth-order valence-corrected chi connectivity index (χ4v) is 2.27. The molecule has 1 atom stereocenters. The summed E-state index contributed by atoms with van der Waals surface area (Å²) in [5.74, 6) is -0.00375. The highest BCUT2D eigenvalue weighted by atomic mass is 16.4. The molecule has 5 heteroatoms. The molecule has 0 aromatic carbocycles. The third-order valence-electron chi connectivity index (χ3n) is 3.98. The molecule has 2 aliphatic rings. The van der Waals surface area contributed by atoms with Gasteiger partial charge in [-0.1, -0.05) is 12.8 Å². The van der Waals surface area contributed by atoms with Crippen molar-refractivity contribution < 1.29 is 14.7 Å². The van der Waals surface area contributed by atoms with Gasteiger partial charge in [-0.2, -0.15) is 0 Å². The lowest BCUT2D eigenvalue weighted by atomic mass is 9.96. The molecule has 0 aromatic heterocycles. The highest BCUT2D eigenvalue weighted by Crippen LogP contribution is 2.39. The van der Waals surface area contributed by atoms with Gasteiger partial charge in [0.2, 0.25) is 0 Å². The number of urea groups is 1. The largest absolute Gasteiger partial charge is 0.480 e.